The molecule has 0 saturated carbocycles. The van der Waals surface area contributed by atoms with Gasteiger partial charge in [-0.3, -0.25) is 9.59 Å². The third kappa shape index (κ3) is 3.28. The van der Waals surface area contributed by atoms with Crippen LogP contribution < -0.4 is 5.56 Å². The van der Waals surface area contributed by atoms with E-state index in [1.807, 2.05) is 37.3 Å². The van der Waals surface area contributed by atoms with Crippen molar-refractivity contribution in [2.24, 2.45) is 0 Å². The van der Waals surface area contributed by atoms with Gasteiger partial charge in [0.25, 0.3) is 11.5 Å². The number of nitrogens with zero attached hydrogens (tertiary/aromatic N) is 2. The predicted molar refractivity (Wildman–Crippen MR) is 71.7 cm³/mol. The highest BCUT2D eigenvalue weighted by Crippen LogP contribution is 2.07. The second-order valence-electron chi connectivity index (χ2n) is 4.10. The van der Waals surface area contributed by atoms with Crippen LogP contribution in [-0.2, 0) is 6.54 Å². The second-order valence-corrected chi connectivity index (χ2v) is 4.10. The summed E-state index contributed by atoms with van der Waals surface area (Å²) in [4.78, 5) is 31.4. The van der Waals surface area contributed by atoms with Crippen LogP contribution >= 0.6 is 0 Å². The molecule has 1 aromatic heterocycles. The average Bonchev–Trinajstić information content (AvgIpc) is 2.45. The summed E-state index contributed by atoms with van der Waals surface area (Å²) in [6.07, 6.45) is 1.24. The van der Waals surface area contributed by atoms with Crippen molar-refractivity contribution in [1.82, 2.24) is 14.9 Å². The van der Waals surface area contributed by atoms with Gasteiger partial charge in [-0.25, -0.2) is 4.98 Å². The number of H-pyrrole nitrogens is 1. The molecule has 0 aliphatic rings. The zero-order valence-corrected chi connectivity index (χ0v) is 10.7. The quantitative estimate of drug-likeness (QED) is 0.901. The highest BCUT2D eigenvalue weighted by molar-refractivity contribution is 5.92. The van der Waals surface area contributed by atoms with Gasteiger partial charge in [0.1, 0.15) is 5.69 Å². The van der Waals surface area contributed by atoms with Gasteiger partial charge in [0, 0.05) is 19.2 Å². The monoisotopic (exact) mass is 257 g/mol. The smallest absolute Gasteiger partial charge is 0.273 e. The van der Waals surface area contributed by atoms with E-state index in [9.17, 15) is 9.59 Å². The number of aromatic amines is 1. The van der Waals surface area contributed by atoms with Crippen molar-refractivity contribution in [2.45, 2.75) is 13.5 Å². The molecule has 5 nitrogen and oxygen atoms in total. The first kappa shape index (κ1) is 13.0. The lowest BCUT2D eigenvalue weighted by atomic mass is 10.2. The van der Waals surface area contributed by atoms with E-state index in [1.165, 1.54) is 12.4 Å². The molecule has 0 spiro atoms. The summed E-state index contributed by atoms with van der Waals surface area (Å²) in [6, 6.07) is 10.9. The number of benzene rings is 1. The first-order valence-corrected chi connectivity index (χ1v) is 6.08. The Labute approximate surface area is 110 Å². The van der Waals surface area contributed by atoms with E-state index in [4.69, 9.17) is 0 Å². The highest BCUT2D eigenvalue weighted by Gasteiger charge is 2.16. The van der Waals surface area contributed by atoms with Gasteiger partial charge in [-0.15, -0.1) is 0 Å². The van der Waals surface area contributed by atoms with Crippen molar-refractivity contribution in [2.75, 3.05) is 6.54 Å². The Morgan fingerprint density at radius 3 is 2.68 bits per heavy atom. The normalized spacial score (nSPS) is 10.2. The standard InChI is InChI=1S/C14H15N3O2/c1-2-17(9-11-6-4-3-5-7-11)14(19)12-8-13(18)16-10-15-12/h3-8,10H,2,9H2,1H3,(H,15,16,18). The van der Waals surface area contributed by atoms with Crippen LogP contribution in [0.5, 0.6) is 0 Å². The van der Waals surface area contributed by atoms with Crippen molar-refractivity contribution in [3.05, 3.63) is 64.3 Å². The molecule has 1 amide bonds. The zero-order chi connectivity index (χ0) is 13.7. The molecule has 5 heteroatoms. The van der Waals surface area contributed by atoms with Crippen LogP contribution in [0.25, 0.3) is 0 Å². The Hall–Kier alpha value is -2.43. The SMILES string of the molecule is CCN(Cc1ccccc1)C(=O)c1cc(=O)[nH]cn1. The average molecular weight is 257 g/mol. The van der Waals surface area contributed by atoms with E-state index < -0.39 is 0 Å². The van der Waals surface area contributed by atoms with Crippen LogP contribution in [-0.4, -0.2) is 27.3 Å². The molecular weight excluding hydrogens is 242 g/mol. The molecule has 0 aliphatic heterocycles. The van der Waals surface area contributed by atoms with E-state index >= 15 is 0 Å². The van der Waals surface area contributed by atoms with Crippen LogP contribution in [0.4, 0.5) is 0 Å². The van der Waals surface area contributed by atoms with Crippen molar-refractivity contribution in [3.8, 4) is 0 Å². The maximum atomic E-state index is 12.2. The molecule has 0 saturated heterocycles. The molecule has 0 atom stereocenters. The van der Waals surface area contributed by atoms with Crippen LogP contribution in [0.1, 0.15) is 23.0 Å². The molecule has 2 rings (SSSR count). The molecular formula is C14H15N3O2. The van der Waals surface area contributed by atoms with Gasteiger partial charge in [0.2, 0.25) is 0 Å². The van der Waals surface area contributed by atoms with Gasteiger partial charge < -0.3 is 9.88 Å². The van der Waals surface area contributed by atoms with E-state index in [-0.39, 0.29) is 17.2 Å². The number of hydrogen-bond acceptors (Lipinski definition) is 3. The fourth-order valence-corrected chi connectivity index (χ4v) is 1.78. The van der Waals surface area contributed by atoms with Crippen LogP contribution in [0.2, 0.25) is 0 Å². The Balaban J connectivity index is 2.18. The maximum absolute atomic E-state index is 12.2. The van der Waals surface area contributed by atoms with E-state index in [0.717, 1.165) is 5.56 Å². The van der Waals surface area contributed by atoms with E-state index in [0.29, 0.717) is 13.1 Å². The molecule has 19 heavy (non-hydrogen) atoms. The summed E-state index contributed by atoms with van der Waals surface area (Å²) in [5.41, 5.74) is 0.887. The molecule has 2 aromatic rings. The fourth-order valence-electron chi connectivity index (χ4n) is 1.78. The second kappa shape index (κ2) is 5.95. The van der Waals surface area contributed by atoms with Gasteiger partial charge in [0.15, 0.2) is 0 Å². The number of amides is 1. The Morgan fingerprint density at radius 2 is 2.05 bits per heavy atom. The molecule has 0 unspecified atom stereocenters. The van der Waals surface area contributed by atoms with Gasteiger partial charge >= 0.3 is 0 Å². The number of hydrogen-bond donors (Lipinski definition) is 1. The van der Waals surface area contributed by atoms with Crippen molar-refractivity contribution in [1.29, 1.82) is 0 Å². The summed E-state index contributed by atoms with van der Waals surface area (Å²) in [5.74, 6) is -0.238. The van der Waals surface area contributed by atoms with Crippen molar-refractivity contribution < 1.29 is 4.79 Å². The summed E-state index contributed by atoms with van der Waals surface area (Å²) >= 11 is 0. The van der Waals surface area contributed by atoms with Gasteiger partial charge in [0.05, 0.1) is 6.33 Å². The Bertz CT molecular complexity index is 607. The third-order valence-corrected chi connectivity index (χ3v) is 2.78. The van der Waals surface area contributed by atoms with Gasteiger partial charge in [-0.05, 0) is 12.5 Å². The van der Waals surface area contributed by atoms with Crippen molar-refractivity contribution in [3.63, 3.8) is 0 Å². The predicted octanol–water partition coefficient (Wildman–Crippen LogP) is 1.43. The van der Waals surface area contributed by atoms with Crippen LogP contribution in [0.15, 0.2) is 47.5 Å². The molecule has 0 radical (unpaired) electrons. The largest absolute Gasteiger partial charge is 0.333 e. The fraction of sp³-hybridized carbons (Fsp3) is 0.214. The molecule has 98 valence electrons. The molecule has 1 heterocycles. The van der Waals surface area contributed by atoms with Gasteiger partial charge in [-0.2, -0.15) is 0 Å². The molecule has 0 fully saturated rings. The number of carbonyl (C=O) groups is 1. The topological polar surface area (TPSA) is 66.1 Å². The number of carbonyl (C=O) groups excluding carboxylic acids is 1. The third-order valence-electron chi connectivity index (χ3n) is 2.78. The number of aromatic nitrogens is 2. The highest BCUT2D eigenvalue weighted by atomic mass is 16.2. The zero-order valence-electron chi connectivity index (χ0n) is 10.7. The Kier molecular flexibility index (Phi) is 4.07. The lowest BCUT2D eigenvalue weighted by Crippen LogP contribution is -2.31. The molecule has 0 aliphatic carbocycles. The lowest BCUT2D eigenvalue weighted by molar-refractivity contribution is 0.0746. The summed E-state index contributed by atoms with van der Waals surface area (Å²) in [6.45, 7) is 2.96. The van der Waals surface area contributed by atoms with E-state index in [2.05, 4.69) is 9.97 Å². The number of nitrogens with one attached hydrogen (secondary N) is 1. The molecule has 1 aromatic carbocycles. The van der Waals surface area contributed by atoms with Gasteiger partial charge in [-0.1, -0.05) is 30.3 Å². The molecule has 1 N–H and O–H groups in total. The maximum Gasteiger partial charge on any atom is 0.273 e. The Morgan fingerprint density at radius 1 is 1.32 bits per heavy atom. The first-order valence-electron chi connectivity index (χ1n) is 6.08. The van der Waals surface area contributed by atoms with E-state index in [1.54, 1.807) is 4.90 Å². The first-order chi connectivity index (χ1) is 9.20. The van der Waals surface area contributed by atoms with Crippen LogP contribution in [0.3, 0.4) is 0 Å². The minimum absolute atomic E-state index is 0.168. The number of rotatable bonds is 4. The summed E-state index contributed by atoms with van der Waals surface area (Å²) < 4.78 is 0. The summed E-state index contributed by atoms with van der Waals surface area (Å²) in [5, 5.41) is 0. The van der Waals surface area contributed by atoms with Crippen LogP contribution in [0, 0.1) is 0 Å². The lowest BCUT2D eigenvalue weighted by Gasteiger charge is -2.20. The minimum atomic E-state index is -0.325. The molecule has 0 bridgehead atoms. The van der Waals surface area contributed by atoms with Crippen molar-refractivity contribution >= 4 is 5.91 Å². The minimum Gasteiger partial charge on any atom is -0.333 e. The summed E-state index contributed by atoms with van der Waals surface area (Å²) in [7, 11) is 0.